The Hall–Kier alpha value is -2.67. The Kier molecular flexibility index (Phi) is 5.90. The van der Waals surface area contributed by atoms with Crippen LogP contribution in [-0.2, 0) is 9.59 Å². The highest BCUT2D eigenvalue weighted by Gasteiger charge is 2.35. The van der Waals surface area contributed by atoms with Crippen molar-refractivity contribution in [3.05, 3.63) is 58.1 Å². The molecule has 1 atom stereocenters. The van der Waals surface area contributed by atoms with E-state index in [1.807, 2.05) is 30.0 Å². The third-order valence-electron chi connectivity index (χ3n) is 5.76. The summed E-state index contributed by atoms with van der Waals surface area (Å²) in [5.74, 6) is -0.825. The number of carbonyl (C=O) groups is 3. The van der Waals surface area contributed by atoms with Gasteiger partial charge in [0, 0.05) is 36.2 Å². The van der Waals surface area contributed by atoms with Crippen molar-refractivity contribution < 1.29 is 14.4 Å². The van der Waals surface area contributed by atoms with Gasteiger partial charge < -0.3 is 15.1 Å². The lowest BCUT2D eigenvalue weighted by atomic mass is 10.1. The van der Waals surface area contributed by atoms with E-state index in [2.05, 4.69) is 21.2 Å². The molecule has 2 aromatic carbocycles. The minimum Gasteiger partial charge on any atom is -0.339 e. The number of nitrogens with zero attached hydrogens (tertiary/aromatic N) is 2. The second-order valence-corrected chi connectivity index (χ2v) is 8.73. The van der Waals surface area contributed by atoms with Gasteiger partial charge in [-0.15, -0.1) is 0 Å². The Bertz CT molecular complexity index is 1000. The molecular formula is C23H24BrN3O3. The minimum absolute atomic E-state index is 0.0575. The molecular weight excluding hydrogens is 446 g/mol. The van der Waals surface area contributed by atoms with Crippen LogP contribution in [0, 0.1) is 12.8 Å². The van der Waals surface area contributed by atoms with E-state index in [1.165, 1.54) is 0 Å². The average molecular weight is 470 g/mol. The summed E-state index contributed by atoms with van der Waals surface area (Å²) in [6, 6.07) is 12.8. The second-order valence-electron chi connectivity index (χ2n) is 7.87. The Morgan fingerprint density at radius 3 is 2.57 bits per heavy atom. The van der Waals surface area contributed by atoms with E-state index in [0.717, 1.165) is 41.7 Å². The lowest BCUT2D eigenvalue weighted by molar-refractivity contribution is -0.122. The lowest BCUT2D eigenvalue weighted by Crippen LogP contribution is -2.30. The zero-order valence-electron chi connectivity index (χ0n) is 16.9. The SMILES string of the molecule is Cc1cc(N2CC(C(=O)Nc3ccccc3C(=O)N3CCCC3)CC2=O)ccc1Br. The third-order valence-corrected chi connectivity index (χ3v) is 6.65. The molecule has 2 heterocycles. The second kappa shape index (κ2) is 8.60. The van der Waals surface area contributed by atoms with Crippen LogP contribution in [0.3, 0.4) is 0 Å². The van der Waals surface area contributed by atoms with Gasteiger partial charge in [0.2, 0.25) is 11.8 Å². The number of para-hydroxylation sites is 1. The van der Waals surface area contributed by atoms with Gasteiger partial charge in [0.05, 0.1) is 17.2 Å². The maximum Gasteiger partial charge on any atom is 0.255 e. The summed E-state index contributed by atoms with van der Waals surface area (Å²) in [6.07, 6.45) is 2.18. The number of carbonyl (C=O) groups excluding carboxylic acids is 3. The van der Waals surface area contributed by atoms with Crippen LogP contribution in [0.5, 0.6) is 0 Å². The van der Waals surface area contributed by atoms with Gasteiger partial charge in [0.15, 0.2) is 0 Å². The number of hydrogen-bond donors (Lipinski definition) is 1. The van der Waals surface area contributed by atoms with E-state index in [9.17, 15) is 14.4 Å². The first-order valence-electron chi connectivity index (χ1n) is 10.2. The van der Waals surface area contributed by atoms with Gasteiger partial charge in [-0.2, -0.15) is 0 Å². The molecule has 0 saturated carbocycles. The van der Waals surface area contributed by atoms with Gasteiger partial charge in [-0.25, -0.2) is 0 Å². The molecule has 3 amide bonds. The molecule has 156 valence electrons. The Morgan fingerprint density at radius 2 is 1.83 bits per heavy atom. The van der Waals surface area contributed by atoms with Gasteiger partial charge in [-0.05, 0) is 55.7 Å². The molecule has 2 saturated heterocycles. The highest BCUT2D eigenvalue weighted by Crippen LogP contribution is 2.29. The molecule has 0 bridgehead atoms. The van der Waals surface area contributed by atoms with Crippen molar-refractivity contribution >= 4 is 45.0 Å². The van der Waals surface area contributed by atoms with Gasteiger partial charge in [0.25, 0.3) is 5.91 Å². The lowest BCUT2D eigenvalue weighted by Gasteiger charge is -2.19. The first kappa shape index (κ1) is 20.6. The molecule has 2 aromatic rings. The zero-order chi connectivity index (χ0) is 21.3. The van der Waals surface area contributed by atoms with Crippen LogP contribution >= 0.6 is 15.9 Å². The van der Waals surface area contributed by atoms with Gasteiger partial charge in [-0.3, -0.25) is 14.4 Å². The van der Waals surface area contributed by atoms with E-state index < -0.39 is 5.92 Å². The van der Waals surface area contributed by atoms with E-state index in [0.29, 0.717) is 17.8 Å². The first-order valence-corrected chi connectivity index (χ1v) is 11.0. The van der Waals surface area contributed by atoms with Crippen LogP contribution in [0.1, 0.15) is 35.2 Å². The van der Waals surface area contributed by atoms with Crippen LogP contribution < -0.4 is 10.2 Å². The molecule has 0 radical (unpaired) electrons. The van der Waals surface area contributed by atoms with Crippen LogP contribution in [0.4, 0.5) is 11.4 Å². The Morgan fingerprint density at radius 1 is 1.10 bits per heavy atom. The zero-order valence-corrected chi connectivity index (χ0v) is 18.4. The van der Waals surface area contributed by atoms with Gasteiger partial charge >= 0.3 is 0 Å². The minimum atomic E-state index is -0.462. The van der Waals surface area contributed by atoms with Crippen molar-refractivity contribution in [3.8, 4) is 0 Å². The van der Waals surface area contributed by atoms with E-state index in [4.69, 9.17) is 0 Å². The number of rotatable bonds is 4. The molecule has 2 aliphatic rings. The molecule has 0 spiro atoms. The highest BCUT2D eigenvalue weighted by atomic mass is 79.9. The van der Waals surface area contributed by atoms with Crippen molar-refractivity contribution in [1.82, 2.24) is 4.90 Å². The number of aryl methyl sites for hydroxylation is 1. The van der Waals surface area contributed by atoms with E-state index in [-0.39, 0.29) is 24.1 Å². The predicted molar refractivity (Wildman–Crippen MR) is 120 cm³/mol. The maximum atomic E-state index is 12.9. The van der Waals surface area contributed by atoms with E-state index in [1.54, 1.807) is 29.2 Å². The third kappa shape index (κ3) is 4.12. The summed E-state index contributed by atoms with van der Waals surface area (Å²) in [4.78, 5) is 41.8. The molecule has 0 aromatic heterocycles. The van der Waals surface area contributed by atoms with Crippen LogP contribution in [0.25, 0.3) is 0 Å². The summed E-state index contributed by atoms with van der Waals surface area (Å²) in [7, 11) is 0. The number of hydrogen-bond acceptors (Lipinski definition) is 3. The van der Waals surface area contributed by atoms with E-state index >= 15 is 0 Å². The summed E-state index contributed by atoms with van der Waals surface area (Å²) < 4.78 is 0.978. The molecule has 2 aliphatic heterocycles. The Labute approximate surface area is 184 Å². The number of halogens is 1. The van der Waals surface area contributed by atoms with Gasteiger partial charge in [-0.1, -0.05) is 28.1 Å². The quantitative estimate of drug-likeness (QED) is 0.735. The molecule has 2 fully saturated rings. The largest absolute Gasteiger partial charge is 0.339 e. The maximum absolute atomic E-state index is 12.9. The summed E-state index contributed by atoms with van der Waals surface area (Å²) >= 11 is 3.47. The molecule has 7 heteroatoms. The molecule has 1 unspecified atom stereocenters. The summed E-state index contributed by atoms with van der Waals surface area (Å²) in [5.41, 5.74) is 2.82. The summed E-state index contributed by atoms with van der Waals surface area (Å²) in [5, 5.41) is 2.90. The number of amides is 3. The van der Waals surface area contributed by atoms with Gasteiger partial charge in [0.1, 0.15) is 0 Å². The summed E-state index contributed by atoms with van der Waals surface area (Å²) in [6.45, 7) is 3.79. The van der Waals surface area contributed by atoms with Crippen molar-refractivity contribution in [3.63, 3.8) is 0 Å². The predicted octanol–water partition coefficient (Wildman–Crippen LogP) is 3.99. The van der Waals surface area contributed by atoms with Crippen LogP contribution in [0.2, 0.25) is 0 Å². The fourth-order valence-corrected chi connectivity index (χ4v) is 4.28. The van der Waals surface area contributed by atoms with Crippen molar-refractivity contribution in [2.75, 3.05) is 29.9 Å². The number of nitrogens with one attached hydrogen (secondary N) is 1. The Balaban J connectivity index is 1.48. The topological polar surface area (TPSA) is 69.7 Å². The molecule has 1 N–H and O–H groups in total. The fraction of sp³-hybridized carbons (Fsp3) is 0.348. The normalized spacial score (nSPS) is 18.7. The van der Waals surface area contributed by atoms with Crippen molar-refractivity contribution in [2.24, 2.45) is 5.92 Å². The average Bonchev–Trinajstić information content (AvgIpc) is 3.40. The first-order chi connectivity index (χ1) is 14.4. The molecule has 6 nitrogen and oxygen atoms in total. The smallest absolute Gasteiger partial charge is 0.255 e. The standard InChI is InChI=1S/C23H24BrN3O3/c1-15-12-17(8-9-19(15)24)27-14-16(13-21(27)28)22(29)25-20-7-3-2-6-18(20)23(30)26-10-4-5-11-26/h2-3,6-9,12,16H,4-5,10-11,13-14H2,1H3,(H,25,29). The number of benzene rings is 2. The fourth-order valence-electron chi connectivity index (χ4n) is 4.03. The molecule has 4 rings (SSSR count). The monoisotopic (exact) mass is 469 g/mol. The number of anilines is 2. The van der Waals surface area contributed by atoms with Crippen molar-refractivity contribution in [2.45, 2.75) is 26.2 Å². The molecule has 30 heavy (non-hydrogen) atoms. The van der Waals surface area contributed by atoms with Crippen molar-refractivity contribution in [1.29, 1.82) is 0 Å². The van der Waals surface area contributed by atoms with Crippen LogP contribution in [0.15, 0.2) is 46.9 Å². The highest BCUT2D eigenvalue weighted by molar-refractivity contribution is 9.10. The van der Waals surface area contributed by atoms with Crippen LogP contribution in [-0.4, -0.2) is 42.3 Å². The molecule has 0 aliphatic carbocycles. The number of likely N-dealkylation sites (tertiary alicyclic amines) is 1.